The average Bonchev–Trinajstić information content (AvgIpc) is 2.49. The topological polar surface area (TPSA) is 152 Å². The van der Waals surface area contributed by atoms with Crippen molar-refractivity contribution in [2.75, 3.05) is 6.61 Å². The lowest BCUT2D eigenvalue weighted by molar-refractivity contribution is -0.289. The molecule has 1 N–H and O–H groups in total. The van der Waals surface area contributed by atoms with E-state index in [9.17, 15) is 41.1 Å². The number of alkyl halides is 3. The van der Waals surface area contributed by atoms with Crippen molar-refractivity contribution in [1.82, 2.24) is 0 Å². The Morgan fingerprint density at radius 2 is 1.46 bits per heavy atom. The normalized spacial score (nSPS) is 28.3. The fraction of sp³-hybridized carbons (Fsp3) is 0.769. The zero-order valence-electron chi connectivity index (χ0n) is 14.7. The molecule has 15 heteroatoms. The zero-order chi connectivity index (χ0) is 21.9. The van der Waals surface area contributed by atoms with E-state index in [-0.39, 0.29) is 0 Å². The van der Waals surface area contributed by atoms with Crippen molar-refractivity contribution >= 4 is 28.0 Å². The lowest BCUT2D eigenvalue weighted by Gasteiger charge is -2.42. The Balaban J connectivity index is 3.35. The van der Waals surface area contributed by atoms with Gasteiger partial charge in [0.05, 0.1) is 0 Å². The third-order valence-corrected chi connectivity index (χ3v) is 4.23. The molecule has 0 radical (unpaired) electrons. The van der Waals surface area contributed by atoms with E-state index in [1.807, 2.05) is 0 Å². The molecule has 1 saturated heterocycles. The van der Waals surface area contributed by atoms with E-state index >= 15 is 0 Å². The number of carbonyl (C=O) groups is 3. The highest BCUT2D eigenvalue weighted by molar-refractivity contribution is 7.87. The van der Waals surface area contributed by atoms with E-state index in [0.717, 1.165) is 20.8 Å². The highest BCUT2D eigenvalue weighted by Crippen LogP contribution is 2.33. The summed E-state index contributed by atoms with van der Waals surface area (Å²) in [6, 6.07) is 0. The van der Waals surface area contributed by atoms with Crippen LogP contribution in [0.25, 0.3) is 0 Å². The van der Waals surface area contributed by atoms with Crippen LogP contribution in [-0.4, -0.2) is 74.3 Å². The van der Waals surface area contributed by atoms with E-state index < -0.39 is 70.8 Å². The van der Waals surface area contributed by atoms with Crippen molar-refractivity contribution in [3.8, 4) is 0 Å². The Kier molecular flexibility index (Phi) is 7.75. The van der Waals surface area contributed by atoms with Crippen molar-refractivity contribution in [2.45, 2.75) is 57.0 Å². The van der Waals surface area contributed by atoms with E-state index in [2.05, 4.69) is 13.7 Å². The number of ether oxygens (including phenoxy) is 4. The molecule has 1 fully saturated rings. The standard InChI is InChI=1S/C13H17F3O11S/c1-5(17)23-4-8-9(24-6(2)18)10(27-28(21,22)13(14,15)16)11(12(20)26-8)25-7(3)19/h8-12,20H,4H2,1-3H3/t8-,9-,10+,11-,12-/m1/s1. The number of rotatable bonds is 6. The fourth-order valence-electron chi connectivity index (χ4n) is 2.19. The molecule has 11 nitrogen and oxygen atoms in total. The van der Waals surface area contributed by atoms with Crippen LogP contribution in [0.15, 0.2) is 0 Å². The number of hydrogen-bond donors (Lipinski definition) is 1. The van der Waals surface area contributed by atoms with Gasteiger partial charge in [-0.2, -0.15) is 21.6 Å². The molecule has 28 heavy (non-hydrogen) atoms. The molecule has 162 valence electrons. The molecule has 0 unspecified atom stereocenters. The van der Waals surface area contributed by atoms with E-state index in [1.54, 1.807) is 0 Å². The van der Waals surface area contributed by atoms with Crippen LogP contribution in [0.1, 0.15) is 20.8 Å². The molecule has 0 aromatic carbocycles. The first-order valence-electron chi connectivity index (χ1n) is 7.46. The molecule has 1 rings (SSSR count). The molecule has 0 spiro atoms. The second-order valence-electron chi connectivity index (χ2n) is 5.48. The summed E-state index contributed by atoms with van der Waals surface area (Å²) < 4.78 is 84.0. The molecule has 0 aromatic heterocycles. The van der Waals surface area contributed by atoms with Crippen molar-refractivity contribution in [3.05, 3.63) is 0 Å². The van der Waals surface area contributed by atoms with Gasteiger partial charge in [0.15, 0.2) is 24.6 Å². The van der Waals surface area contributed by atoms with Crippen LogP contribution in [0.4, 0.5) is 13.2 Å². The largest absolute Gasteiger partial charge is 0.523 e. The minimum atomic E-state index is -6.27. The van der Waals surface area contributed by atoms with Gasteiger partial charge in [-0.05, 0) is 0 Å². The van der Waals surface area contributed by atoms with Crippen LogP contribution in [0.3, 0.4) is 0 Å². The number of carbonyl (C=O) groups excluding carboxylic acids is 3. The zero-order valence-corrected chi connectivity index (χ0v) is 15.5. The van der Waals surface area contributed by atoms with Crippen LogP contribution in [-0.2, 0) is 47.6 Å². The maximum absolute atomic E-state index is 12.7. The average molecular weight is 438 g/mol. The van der Waals surface area contributed by atoms with Crippen molar-refractivity contribution in [3.63, 3.8) is 0 Å². The van der Waals surface area contributed by atoms with Crippen LogP contribution in [0.5, 0.6) is 0 Å². The summed E-state index contributed by atoms with van der Waals surface area (Å²) in [5, 5.41) is 9.94. The Labute approximate surface area is 156 Å². The summed E-state index contributed by atoms with van der Waals surface area (Å²) in [4.78, 5) is 33.5. The van der Waals surface area contributed by atoms with E-state index in [4.69, 9.17) is 9.47 Å². The predicted octanol–water partition coefficient (Wildman–Crippen LogP) is -0.635. The lowest BCUT2D eigenvalue weighted by atomic mass is 9.98. The second kappa shape index (κ2) is 9.02. The molecule has 1 heterocycles. The van der Waals surface area contributed by atoms with Gasteiger partial charge in [-0.1, -0.05) is 0 Å². The number of hydrogen-bond acceptors (Lipinski definition) is 11. The first-order valence-corrected chi connectivity index (χ1v) is 8.87. The van der Waals surface area contributed by atoms with Crippen molar-refractivity contribution in [2.24, 2.45) is 0 Å². The number of aliphatic hydroxyl groups excluding tert-OH is 1. The Bertz CT molecular complexity index is 705. The predicted molar refractivity (Wildman–Crippen MR) is 78.5 cm³/mol. The monoisotopic (exact) mass is 438 g/mol. The number of aliphatic hydroxyl groups is 1. The van der Waals surface area contributed by atoms with E-state index in [0.29, 0.717) is 0 Å². The molecule has 5 atom stereocenters. The third kappa shape index (κ3) is 6.29. The van der Waals surface area contributed by atoms with Crippen LogP contribution in [0.2, 0.25) is 0 Å². The molecule has 0 saturated carbocycles. The Hall–Kier alpha value is -1.97. The van der Waals surface area contributed by atoms with E-state index in [1.165, 1.54) is 0 Å². The summed E-state index contributed by atoms with van der Waals surface area (Å²) in [5.74, 6) is -3.09. The lowest BCUT2D eigenvalue weighted by Crippen LogP contribution is -2.62. The van der Waals surface area contributed by atoms with Gasteiger partial charge in [-0.15, -0.1) is 0 Å². The van der Waals surface area contributed by atoms with Gasteiger partial charge in [0.25, 0.3) is 0 Å². The fourth-order valence-corrected chi connectivity index (χ4v) is 2.81. The van der Waals surface area contributed by atoms with Gasteiger partial charge in [0.2, 0.25) is 0 Å². The van der Waals surface area contributed by atoms with Crippen LogP contribution < -0.4 is 0 Å². The minimum Gasteiger partial charge on any atom is -0.463 e. The minimum absolute atomic E-state index is 0.747. The SMILES string of the molecule is CC(=O)OC[C@H]1O[C@@H](O)[C@H](OC(C)=O)[C@@H](OS(=O)(=O)C(F)(F)F)[C@@H]1OC(C)=O. The van der Waals surface area contributed by atoms with Gasteiger partial charge < -0.3 is 24.1 Å². The molecule has 0 aliphatic carbocycles. The molecule has 1 aliphatic rings. The summed E-state index contributed by atoms with van der Waals surface area (Å²) >= 11 is 0. The maximum atomic E-state index is 12.7. The molecular formula is C13H17F3O11S. The summed E-state index contributed by atoms with van der Waals surface area (Å²) in [5.41, 5.74) is -5.87. The van der Waals surface area contributed by atoms with Gasteiger partial charge >= 0.3 is 33.5 Å². The smallest absolute Gasteiger partial charge is 0.463 e. The first-order chi connectivity index (χ1) is 12.7. The second-order valence-corrected chi connectivity index (χ2v) is 7.04. The Morgan fingerprint density at radius 3 is 1.89 bits per heavy atom. The number of halogens is 3. The quantitative estimate of drug-likeness (QED) is 0.244. The molecule has 1 aliphatic heterocycles. The van der Waals surface area contributed by atoms with Crippen molar-refractivity contribution < 1.29 is 64.2 Å². The maximum Gasteiger partial charge on any atom is 0.523 e. The van der Waals surface area contributed by atoms with Crippen LogP contribution >= 0.6 is 0 Å². The molecule has 0 amide bonds. The summed E-state index contributed by atoms with van der Waals surface area (Å²) in [6.07, 6.45) is -10.3. The van der Waals surface area contributed by atoms with Gasteiger partial charge in [-0.3, -0.25) is 18.6 Å². The highest BCUT2D eigenvalue weighted by Gasteiger charge is 2.57. The highest BCUT2D eigenvalue weighted by atomic mass is 32.2. The molecule has 0 aromatic rings. The van der Waals surface area contributed by atoms with Crippen LogP contribution in [0, 0.1) is 0 Å². The summed E-state index contributed by atoms with van der Waals surface area (Å²) in [7, 11) is -6.27. The number of esters is 3. The third-order valence-electron chi connectivity index (χ3n) is 3.19. The first kappa shape index (κ1) is 24.1. The van der Waals surface area contributed by atoms with Gasteiger partial charge in [0.1, 0.15) is 12.7 Å². The van der Waals surface area contributed by atoms with Gasteiger partial charge in [0, 0.05) is 20.8 Å². The summed E-state index contributed by atoms with van der Waals surface area (Å²) in [6.45, 7) is 1.88. The molecule has 0 bridgehead atoms. The van der Waals surface area contributed by atoms with Crippen molar-refractivity contribution in [1.29, 1.82) is 0 Å². The van der Waals surface area contributed by atoms with Gasteiger partial charge in [-0.25, -0.2) is 0 Å². The molecular weight excluding hydrogens is 421 g/mol. The Morgan fingerprint density at radius 1 is 0.964 bits per heavy atom.